The van der Waals surface area contributed by atoms with Crippen LogP contribution >= 0.6 is 11.3 Å². The van der Waals surface area contributed by atoms with E-state index in [0.29, 0.717) is 6.42 Å². The number of benzene rings is 2. The maximum atomic E-state index is 10.4. The highest BCUT2D eigenvalue weighted by Gasteiger charge is 2.11. The van der Waals surface area contributed by atoms with Crippen LogP contribution in [0.25, 0.3) is 10.8 Å². The molecule has 0 fully saturated rings. The number of rotatable bonds is 4. The fourth-order valence-corrected chi connectivity index (χ4v) is 3.39. The zero-order chi connectivity index (χ0) is 13.9. The van der Waals surface area contributed by atoms with E-state index in [0.717, 1.165) is 11.3 Å². The molecule has 1 nitrogen and oxygen atoms in total. The Hall–Kier alpha value is -1.64. The van der Waals surface area contributed by atoms with Gasteiger partial charge >= 0.3 is 0 Å². The molecule has 0 amide bonds. The molecule has 0 bridgehead atoms. The second-order valence-electron chi connectivity index (χ2n) is 5.06. The van der Waals surface area contributed by atoms with E-state index in [1.165, 1.54) is 21.2 Å². The second kappa shape index (κ2) is 5.78. The molecule has 1 N–H and O–H groups in total. The third-order valence-electron chi connectivity index (χ3n) is 3.60. The van der Waals surface area contributed by atoms with Gasteiger partial charge in [-0.15, -0.1) is 11.3 Å². The molecule has 0 saturated carbocycles. The van der Waals surface area contributed by atoms with E-state index in [9.17, 15) is 5.11 Å². The van der Waals surface area contributed by atoms with Crippen molar-refractivity contribution in [1.29, 1.82) is 0 Å². The highest BCUT2D eigenvalue weighted by molar-refractivity contribution is 7.12. The molecule has 20 heavy (non-hydrogen) atoms. The van der Waals surface area contributed by atoms with E-state index in [-0.39, 0.29) is 0 Å². The van der Waals surface area contributed by atoms with Crippen molar-refractivity contribution in [2.75, 3.05) is 0 Å². The Bertz CT molecular complexity index is 714. The summed E-state index contributed by atoms with van der Waals surface area (Å²) >= 11 is 1.71. The molecule has 2 aromatic carbocycles. The van der Waals surface area contributed by atoms with Gasteiger partial charge in [0.1, 0.15) is 0 Å². The number of hydrogen-bond donors (Lipinski definition) is 1. The van der Waals surface area contributed by atoms with Crippen molar-refractivity contribution < 1.29 is 5.11 Å². The molecule has 1 heterocycles. The molecule has 102 valence electrons. The molecular formula is C18H18OS. The lowest BCUT2D eigenvalue weighted by Gasteiger charge is -2.09. The number of aliphatic hydroxyl groups excluding tert-OH is 1. The lowest BCUT2D eigenvalue weighted by molar-refractivity contribution is 0.182. The number of fused-ring (bicyclic) bond motifs is 1. The quantitative estimate of drug-likeness (QED) is 0.733. The van der Waals surface area contributed by atoms with Crippen LogP contribution in [-0.2, 0) is 12.8 Å². The average molecular weight is 282 g/mol. The fourth-order valence-electron chi connectivity index (χ4n) is 2.45. The van der Waals surface area contributed by atoms with E-state index in [1.54, 1.807) is 11.3 Å². The van der Waals surface area contributed by atoms with E-state index in [2.05, 4.69) is 61.5 Å². The van der Waals surface area contributed by atoms with E-state index < -0.39 is 6.10 Å². The fraction of sp³-hybridized carbons (Fsp3) is 0.222. The lowest BCUT2D eigenvalue weighted by Crippen LogP contribution is -1.99. The Morgan fingerprint density at radius 2 is 1.80 bits per heavy atom. The van der Waals surface area contributed by atoms with Gasteiger partial charge in [0.2, 0.25) is 0 Å². The van der Waals surface area contributed by atoms with Gasteiger partial charge in [0, 0.05) is 16.2 Å². The summed E-state index contributed by atoms with van der Waals surface area (Å²) in [7, 11) is 0. The van der Waals surface area contributed by atoms with Crippen molar-refractivity contribution >= 4 is 22.1 Å². The first-order valence-electron chi connectivity index (χ1n) is 7.00. The molecule has 0 aliphatic carbocycles. The Morgan fingerprint density at radius 1 is 1.00 bits per heavy atom. The number of thiophene rings is 1. The van der Waals surface area contributed by atoms with Crippen LogP contribution in [0.2, 0.25) is 0 Å². The topological polar surface area (TPSA) is 20.2 Å². The van der Waals surface area contributed by atoms with Gasteiger partial charge in [-0.1, -0.05) is 49.4 Å². The predicted molar refractivity (Wildman–Crippen MR) is 86.3 cm³/mol. The van der Waals surface area contributed by atoms with Crippen LogP contribution in [0, 0.1) is 0 Å². The van der Waals surface area contributed by atoms with E-state index in [4.69, 9.17) is 0 Å². The Morgan fingerprint density at radius 3 is 2.55 bits per heavy atom. The van der Waals surface area contributed by atoms with E-state index >= 15 is 0 Å². The Balaban J connectivity index is 1.81. The summed E-state index contributed by atoms with van der Waals surface area (Å²) in [5, 5.41) is 12.8. The van der Waals surface area contributed by atoms with Gasteiger partial charge in [-0.2, -0.15) is 0 Å². The van der Waals surface area contributed by atoms with Crippen molar-refractivity contribution in [1.82, 2.24) is 0 Å². The number of hydrogen-bond acceptors (Lipinski definition) is 2. The van der Waals surface area contributed by atoms with Gasteiger partial charge in [-0.25, -0.2) is 0 Å². The molecule has 3 aromatic rings. The van der Waals surface area contributed by atoms with Crippen LogP contribution in [0.3, 0.4) is 0 Å². The lowest BCUT2D eigenvalue weighted by atomic mass is 10.0. The van der Waals surface area contributed by atoms with Gasteiger partial charge in [0.25, 0.3) is 0 Å². The first kappa shape index (κ1) is 13.3. The second-order valence-corrected chi connectivity index (χ2v) is 6.26. The first-order valence-corrected chi connectivity index (χ1v) is 7.82. The van der Waals surface area contributed by atoms with Gasteiger partial charge in [0.05, 0.1) is 6.10 Å². The van der Waals surface area contributed by atoms with Crippen molar-refractivity contribution in [3.63, 3.8) is 0 Å². The van der Waals surface area contributed by atoms with Crippen molar-refractivity contribution in [3.05, 3.63) is 69.9 Å². The Kier molecular flexibility index (Phi) is 3.86. The van der Waals surface area contributed by atoms with Crippen LogP contribution < -0.4 is 0 Å². The monoisotopic (exact) mass is 282 g/mol. The maximum Gasteiger partial charge on any atom is 0.0922 e. The summed E-state index contributed by atoms with van der Waals surface area (Å²) in [5.74, 6) is 0. The minimum atomic E-state index is -0.401. The summed E-state index contributed by atoms with van der Waals surface area (Å²) in [4.78, 5) is 2.40. The molecule has 0 aliphatic heterocycles. The predicted octanol–water partition coefficient (Wildman–Crippen LogP) is 4.74. The zero-order valence-corrected chi connectivity index (χ0v) is 12.4. The largest absolute Gasteiger partial charge is 0.387 e. The highest BCUT2D eigenvalue weighted by atomic mass is 32.1. The molecule has 2 heteroatoms. The van der Waals surface area contributed by atoms with Crippen molar-refractivity contribution in [3.8, 4) is 0 Å². The van der Waals surface area contributed by atoms with Crippen molar-refractivity contribution in [2.24, 2.45) is 0 Å². The maximum absolute atomic E-state index is 10.4. The molecule has 0 aliphatic rings. The summed E-state index contributed by atoms with van der Waals surface area (Å²) < 4.78 is 0. The molecule has 0 radical (unpaired) electrons. The standard InChI is InChI=1S/C18H18OS/c1-2-16-9-10-18(20-16)17(19)12-13-7-8-14-5-3-4-6-15(14)11-13/h3-11,17,19H,2,12H2,1H3. The van der Waals surface area contributed by atoms with Gasteiger partial charge in [0.15, 0.2) is 0 Å². The van der Waals surface area contributed by atoms with Crippen LogP contribution in [-0.4, -0.2) is 5.11 Å². The van der Waals surface area contributed by atoms with Gasteiger partial charge in [-0.3, -0.25) is 0 Å². The smallest absolute Gasteiger partial charge is 0.0922 e. The summed E-state index contributed by atoms with van der Waals surface area (Å²) in [5.41, 5.74) is 1.18. The minimum Gasteiger partial charge on any atom is -0.387 e. The van der Waals surface area contributed by atoms with E-state index in [1.807, 2.05) is 0 Å². The molecule has 0 spiro atoms. The Labute approximate surface area is 123 Å². The molecule has 1 aromatic heterocycles. The zero-order valence-electron chi connectivity index (χ0n) is 11.5. The van der Waals surface area contributed by atoms with Crippen LogP contribution in [0.1, 0.15) is 28.3 Å². The molecular weight excluding hydrogens is 264 g/mol. The summed E-state index contributed by atoms with van der Waals surface area (Å²) in [6.07, 6.45) is 1.31. The number of aliphatic hydroxyl groups is 1. The molecule has 1 unspecified atom stereocenters. The first-order chi connectivity index (χ1) is 9.76. The van der Waals surface area contributed by atoms with Crippen LogP contribution in [0.15, 0.2) is 54.6 Å². The van der Waals surface area contributed by atoms with Gasteiger partial charge < -0.3 is 5.11 Å². The van der Waals surface area contributed by atoms with Crippen molar-refractivity contribution in [2.45, 2.75) is 25.9 Å². The number of aryl methyl sites for hydroxylation is 1. The van der Waals surface area contributed by atoms with Crippen LogP contribution in [0.5, 0.6) is 0 Å². The summed E-state index contributed by atoms with van der Waals surface area (Å²) in [6, 6.07) is 18.9. The third-order valence-corrected chi connectivity index (χ3v) is 4.93. The normalized spacial score (nSPS) is 12.7. The third kappa shape index (κ3) is 2.77. The van der Waals surface area contributed by atoms with Gasteiger partial charge in [-0.05, 0) is 34.9 Å². The molecule has 0 saturated heterocycles. The SMILES string of the molecule is CCc1ccc(C(O)Cc2ccc3ccccc3c2)s1. The summed E-state index contributed by atoms with van der Waals surface area (Å²) in [6.45, 7) is 2.14. The highest BCUT2D eigenvalue weighted by Crippen LogP contribution is 2.27. The molecule has 1 atom stereocenters. The average Bonchev–Trinajstić information content (AvgIpc) is 2.96. The van der Waals surface area contributed by atoms with Crippen LogP contribution in [0.4, 0.5) is 0 Å². The minimum absolute atomic E-state index is 0.401. The molecule has 3 rings (SSSR count).